The number of carbonyl (C=O) groups excluding carboxylic acids is 1. The minimum absolute atomic E-state index is 0.132. The minimum Gasteiger partial charge on any atom is -0.440 e. The first-order valence-corrected chi connectivity index (χ1v) is 15.3. The smallest absolute Gasteiger partial charge is 0.440 e. The lowest BCUT2D eigenvalue weighted by molar-refractivity contribution is -0.286. The first-order chi connectivity index (χ1) is 21.1. The summed E-state index contributed by atoms with van der Waals surface area (Å²) in [7, 11) is -1.96. The Bertz CT molecular complexity index is 1990. The van der Waals surface area contributed by atoms with E-state index in [2.05, 4.69) is 19.5 Å². The molecular formula is C31H28F2N4O7S. The largest absolute Gasteiger partial charge is 0.586 e. The van der Waals surface area contributed by atoms with Crippen molar-refractivity contribution >= 4 is 21.6 Å². The number of hydrogen-bond acceptors (Lipinski definition) is 10. The molecule has 0 radical (unpaired) electrons. The maximum Gasteiger partial charge on any atom is 0.586 e. The molecule has 0 aliphatic carbocycles. The maximum absolute atomic E-state index is 13.8. The average Bonchev–Trinajstić information content (AvgIpc) is 3.51. The third-order valence-electron chi connectivity index (χ3n) is 6.85. The molecule has 0 fully saturated rings. The van der Waals surface area contributed by atoms with E-state index in [4.69, 9.17) is 20.6 Å². The Kier molecular flexibility index (Phi) is 8.10. The lowest BCUT2D eigenvalue weighted by atomic mass is 9.93. The second-order valence-electron chi connectivity index (χ2n) is 10.1. The average molecular weight is 639 g/mol. The van der Waals surface area contributed by atoms with Crippen molar-refractivity contribution in [3.05, 3.63) is 83.9 Å². The van der Waals surface area contributed by atoms with Crippen molar-refractivity contribution in [1.29, 1.82) is 0 Å². The zero-order valence-corrected chi connectivity index (χ0v) is 25.3. The highest BCUT2D eigenvalue weighted by atomic mass is 32.2. The number of nitrogens with zero attached hydrogens (tertiary/aromatic N) is 2. The van der Waals surface area contributed by atoms with Crippen molar-refractivity contribution in [3.8, 4) is 45.2 Å². The molecule has 1 atom stereocenters. The van der Waals surface area contributed by atoms with E-state index in [0.29, 0.717) is 39.2 Å². The number of carbonyl (C=O) groups is 1. The fourth-order valence-corrected chi connectivity index (χ4v) is 5.39. The number of ether oxygens (including phenoxy) is 3. The van der Waals surface area contributed by atoms with Gasteiger partial charge in [0.05, 0.1) is 16.3 Å². The molecule has 1 aliphatic heterocycles. The first kappa shape index (κ1) is 31.2. The number of primary amides is 1. The minimum atomic E-state index is -3.81. The van der Waals surface area contributed by atoms with Crippen molar-refractivity contribution in [2.75, 3.05) is 13.3 Å². The molecule has 4 N–H and O–H groups in total. The Morgan fingerprint density at radius 3 is 2.40 bits per heavy atom. The van der Waals surface area contributed by atoms with E-state index in [1.54, 1.807) is 56.3 Å². The molecule has 0 saturated heterocycles. The predicted molar refractivity (Wildman–Crippen MR) is 162 cm³/mol. The molecule has 4 aromatic rings. The summed E-state index contributed by atoms with van der Waals surface area (Å²) in [6.45, 7) is 3.17. The van der Waals surface area contributed by atoms with Crippen molar-refractivity contribution in [2.45, 2.75) is 31.1 Å². The van der Waals surface area contributed by atoms with Crippen molar-refractivity contribution < 1.29 is 40.6 Å². The van der Waals surface area contributed by atoms with Crippen LogP contribution in [0.4, 0.5) is 13.6 Å². The van der Waals surface area contributed by atoms with E-state index in [0.717, 1.165) is 6.26 Å². The SMILES string of the molecule is CN=C(C=C(N)C(C)OC(N)=O)c1ccc(-c2cccc(S(C)(=O)=O)c2)cc1-c1oc(C)nc1-c1ccc2c(c1)OC(F)(F)O2. The topological polar surface area (TPSA) is 169 Å². The van der Waals surface area contributed by atoms with Gasteiger partial charge in [-0.25, -0.2) is 18.2 Å². The summed E-state index contributed by atoms with van der Waals surface area (Å²) in [6.07, 6.45) is -3.04. The number of aromatic nitrogens is 1. The summed E-state index contributed by atoms with van der Waals surface area (Å²) in [4.78, 5) is 20.4. The second-order valence-corrected chi connectivity index (χ2v) is 12.1. The first-order valence-electron chi connectivity index (χ1n) is 13.4. The van der Waals surface area contributed by atoms with Gasteiger partial charge >= 0.3 is 12.4 Å². The van der Waals surface area contributed by atoms with Gasteiger partial charge in [-0.3, -0.25) is 4.99 Å². The van der Waals surface area contributed by atoms with Gasteiger partial charge in [-0.05, 0) is 60.5 Å². The van der Waals surface area contributed by atoms with Crippen LogP contribution in [0.1, 0.15) is 18.4 Å². The zero-order chi connectivity index (χ0) is 32.7. The van der Waals surface area contributed by atoms with Gasteiger partial charge < -0.3 is 30.1 Å². The molecule has 0 spiro atoms. The van der Waals surface area contributed by atoms with E-state index in [1.165, 1.54) is 31.3 Å². The molecule has 1 amide bonds. The van der Waals surface area contributed by atoms with Gasteiger partial charge in [-0.1, -0.05) is 24.3 Å². The number of oxazole rings is 1. The fraction of sp³-hybridized carbons (Fsp3) is 0.194. The number of rotatable bonds is 8. The van der Waals surface area contributed by atoms with Gasteiger partial charge in [0.15, 0.2) is 33.0 Å². The third-order valence-corrected chi connectivity index (χ3v) is 7.96. The highest BCUT2D eigenvalue weighted by molar-refractivity contribution is 7.90. The summed E-state index contributed by atoms with van der Waals surface area (Å²) < 4.78 is 72.3. The zero-order valence-electron chi connectivity index (χ0n) is 24.5. The van der Waals surface area contributed by atoms with Crippen molar-refractivity contribution in [2.24, 2.45) is 16.5 Å². The van der Waals surface area contributed by atoms with Crippen LogP contribution in [-0.4, -0.2) is 50.9 Å². The van der Waals surface area contributed by atoms with Crippen LogP contribution < -0.4 is 20.9 Å². The Hall–Kier alpha value is -5.24. The lowest BCUT2D eigenvalue weighted by Crippen LogP contribution is -2.26. The van der Waals surface area contributed by atoms with Gasteiger partial charge in [0.1, 0.15) is 11.8 Å². The van der Waals surface area contributed by atoms with Gasteiger partial charge in [0, 0.05) is 36.9 Å². The Balaban J connectivity index is 1.71. The maximum atomic E-state index is 13.8. The Labute approximate surface area is 257 Å². The number of aliphatic imine (C=N–C) groups is 1. The highest BCUT2D eigenvalue weighted by Gasteiger charge is 2.43. The molecule has 0 saturated carbocycles. The number of allylic oxidation sites excluding steroid dienone is 1. The van der Waals surface area contributed by atoms with E-state index < -0.39 is 28.3 Å². The number of benzene rings is 3. The molecule has 3 aromatic carbocycles. The predicted octanol–water partition coefficient (Wildman–Crippen LogP) is 5.45. The fourth-order valence-electron chi connectivity index (χ4n) is 4.72. The number of amides is 1. The van der Waals surface area contributed by atoms with Crippen LogP contribution in [0.15, 0.2) is 86.7 Å². The van der Waals surface area contributed by atoms with E-state index in [-0.39, 0.29) is 33.7 Å². The van der Waals surface area contributed by atoms with Crippen LogP contribution in [0.5, 0.6) is 11.5 Å². The van der Waals surface area contributed by atoms with Crippen LogP contribution in [-0.2, 0) is 14.6 Å². The van der Waals surface area contributed by atoms with E-state index >= 15 is 0 Å². The van der Waals surface area contributed by atoms with E-state index in [1.807, 2.05) is 0 Å². The third kappa shape index (κ3) is 6.65. The summed E-state index contributed by atoms with van der Waals surface area (Å²) >= 11 is 0. The van der Waals surface area contributed by atoms with Crippen LogP contribution in [0.25, 0.3) is 33.7 Å². The molecule has 234 valence electrons. The molecule has 14 heteroatoms. The number of fused-ring (bicyclic) bond motifs is 1. The number of aryl methyl sites for hydroxylation is 1. The molecule has 45 heavy (non-hydrogen) atoms. The van der Waals surface area contributed by atoms with Gasteiger partial charge in [-0.2, -0.15) is 0 Å². The summed E-state index contributed by atoms with van der Waals surface area (Å²) in [6, 6.07) is 16.0. The standard InChI is InChI=1S/C31H28F2N4O7S/c1-16(41-30(35)38)24(34)15-25(36-3)22-10-8-19(18-6-5-7-21(12-18)45(4,39)40)13-23(22)29-28(37-17(2)42-29)20-9-11-26-27(14-20)44-31(32,33)43-26/h5-16H,34H2,1-4H3,(H2,35,38). The molecule has 1 aliphatic rings. The van der Waals surface area contributed by atoms with Crippen LogP contribution in [0, 0.1) is 6.92 Å². The number of nitrogens with two attached hydrogens (primary N) is 2. The summed E-state index contributed by atoms with van der Waals surface area (Å²) in [5.41, 5.74) is 14.8. The Morgan fingerprint density at radius 1 is 1.02 bits per heavy atom. The number of alkyl halides is 2. The molecule has 1 unspecified atom stereocenters. The number of sulfone groups is 1. The van der Waals surface area contributed by atoms with Crippen LogP contribution >= 0.6 is 0 Å². The van der Waals surface area contributed by atoms with E-state index in [9.17, 15) is 22.0 Å². The van der Waals surface area contributed by atoms with Crippen molar-refractivity contribution in [1.82, 2.24) is 4.98 Å². The molecule has 5 rings (SSSR count). The van der Waals surface area contributed by atoms with Crippen LogP contribution in [0.3, 0.4) is 0 Å². The van der Waals surface area contributed by atoms with Gasteiger partial charge in [0.25, 0.3) is 0 Å². The van der Waals surface area contributed by atoms with Crippen LogP contribution in [0.2, 0.25) is 0 Å². The van der Waals surface area contributed by atoms with Gasteiger partial charge in [-0.15, -0.1) is 8.78 Å². The van der Waals surface area contributed by atoms with Crippen molar-refractivity contribution in [3.63, 3.8) is 0 Å². The summed E-state index contributed by atoms with van der Waals surface area (Å²) in [5.74, 6) is 0.216. The number of hydrogen-bond donors (Lipinski definition) is 2. The molecule has 2 heterocycles. The second kappa shape index (κ2) is 11.7. The summed E-state index contributed by atoms with van der Waals surface area (Å²) in [5, 5.41) is 0. The normalized spacial score (nSPS) is 15.2. The van der Waals surface area contributed by atoms with Gasteiger partial charge in [0.2, 0.25) is 0 Å². The molecule has 1 aromatic heterocycles. The molecular weight excluding hydrogens is 610 g/mol. The Morgan fingerprint density at radius 2 is 1.71 bits per heavy atom. The lowest BCUT2D eigenvalue weighted by Gasteiger charge is -2.15. The monoisotopic (exact) mass is 638 g/mol. The molecule has 0 bridgehead atoms. The molecule has 11 nitrogen and oxygen atoms in total. The number of halogens is 2. The highest BCUT2D eigenvalue weighted by Crippen LogP contribution is 2.45. The quantitative estimate of drug-likeness (QED) is 0.238.